The molecule has 0 aliphatic rings. The number of hydrogen-bond donors (Lipinski definition) is 3. The Hall–Kier alpha value is -3.10. The van der Waals surface area contributed by atoms with Gasteiger partial charge < -0.3 is 20.5 Å². The number of aliphatic carboxylic acids is 2. The quantitative estimate of drug-likeness (QED) is 0.486. The van der Waals surface area contributed by atoms with E-state index in [1.807, 2.05) is 60.7 Å². The lowest BCUT2D eigenvalue weighted by molar-refractivity contribution is -0.134. The van der Waals surface area contributed by atoms with E-state index in [2.05, 4.69) is 0 Å². The maximum absolute atomic E-state index is 12.4. The Bertz CT molecular complexity index is 724. The Labute approximate surface area is 159 Å². The average molecular weight is 389 g/mol. The Kier molecular flexibility index (Phi) is 9.35. The van der Waals surface area contributed by atoms with Gasteiger partial charge in [0.05, 0.1) is 0 Å². The van der Waals surface area contributed by atoms with Crippen LogP contribution in [0.15, 0.2) is 72.8 Å². The second-order valence-corrected chi connectivity index (χ2v) is 6.72. The van der Waals surface area contributed by atoms with Crippen LogP contribution in [0.5, 0.6) is 0 Å². The molecule has 0 aliphatic carbocycles. The summed E-state index contributed by atoms with van der Waals surface area (Å²) in [7, 11) is 0. The molecule has 0 heterocycles. The summed E-state index contributed by atoms with van der Waals surface area (Å²) in [5, 5.41) is 15.3. The third-order valence-electron chi connectivity index (χ3n) is 3.12. The molecular formula is C19H19NO6S. The van der Waals surface area contributed by atoms with Gasteiger partial charge in [-0.2, -0.15) is 0 Å². The van der Waals surface area contributed by atoms with E-state index >= 15 is 0 Å². The molecule has 2 aromatic carbocycles. The van der Waals surface area contributed by atoms with Crippen LogP contribution in [0.25, 0.3) is 0 Å². The summed E-state index contributed by atoms with van der Waals surface area (Å²) in [4.78, 5) is 30.1. The van der Waals surface area contributed by atoms with E-state index in [-0.39, 0.29) is 11.0 Å². The molecule has 8 heteroatoms. The highest BCUT2D eigenvalue weighted by Crippen LogP contribution is 2.30. The first kappa shape index (κ1) is 21.9. The molecule has 4 N–H and O–H groups in total. The van der Waals surface area contributed by atoms with Crippen LogP contribution in [0.2, 0.25) is 0 Å². The first-order chi connectivity index (χ1) is 12.8. The zero-order chi connectivity index (χ0) is 20.2. The lowest BCUT2D eigenvalue weighted by Crippen LogP contribution is -2.27. The molecule has 0 fully saturated rings. The van der Waals surface area contributed by atoms with Crippen LogP contribution in [0.1, 0.15) is 16.4 Å². The number of carboxylic acids is 2. The van der Waals surface area contributed by atoms with E-state index in [4.69, 9.17) is 15.9 Å². The number of primary amides is 1. The fourth-order valence-corrected chi connectivity index (χ4v) is 3.49. The van der Waals surface area contributed by atoms with Crippen molar-refractivity contribution in [1.82, 2.24) is 0 Å². The summed E-state index contributed by atoms with van der Waals surface area (Å²) >= 11 is -1.36. The topological polar surface area (TPSA) is 141 Å². The van der Waals surface area contributed by atoms with E-state index < -0.39 is 29.0 Å². The first-order valence-corrected chi connectivity index (χ1v) is 9.08. The zero-order valence-electron chi connectivity index (χ0n) is 14.2. The lowest BCUT2D eigenvalue weighted by atomic mass is 10.0. The first-order valence-electron chi connectivity index (χ1n) is 7.70. The smallest absolute Gasteiger partial charge is 0.328 e. The zero-order valence-corrected chi connectivity index (χ0v) is 15.0. The molecule has 0 saturated heterocycles. The SMILES string of the molecule is NC(=O)C[S+]([O-])C(c1ccccc1)c1ccccc1.O=C(O)/C=C\C(=O)O. The van der Waals surface area contributed by atoms with Crippen molar-refractivity contribution in [2.24, 2.45) is 5.73 Å². The fraction of sp³-hybridized carbons (Fsp3) is 0.105. The highest BCUT2D eigenvalue weighted by Gasteiger charge is 2.27. The molecule has 0 saturated carbocycles. The van der Waals surface area contributed by atoms with Gasteiger partial charge in [-0.05, 0) is 11.2 Å². The molecule has 1 unspecified atom stereocenters. The van der Waals surface area contributed by atoms with E-state index in [1.165, 1.54) is 0 Å². The highest BCUT2D eigenvalue weighted by molar-refractivity contribution is 7.92. The van der Waals surface area contributed by atoms with Gasteiger partial charge in [-0.1, -0.05) is 60.7 Å². The Morgan fingerprint density at radius 1 is 0.889 bits per heavy atom. The van der Waals surface area contributed by atoms with Crippen molar-refractivity contribution in [1.29, 1.82) is 0 Å². The predicted molar refractivity (Wildman–Crippen MR) is 101 cm³/mol. The maximum Gasteiger partial charge on any atom is 0.328 e. The number of carbonyl (C=O) groups is 3. The number of carbonyl (C=O) groups excluding carboxylic acids is 1. The Balaban J connectivity index is 0.000000387. The summed E-state index contributed by atoms with van der Waals surface area (Å²) in [5.41, 5.74) is 7.00. The van der Waals surface area contributed by atoms with Crippen molar-refractivity contribution >= 4 is 29.0 Å². The molecule has 0 aliphatic heterocycles. The molecule has 7 nitrogen and oxygen atoms in total. The number of hydrogen-bond acceptors (Lipinski definition) is 4. The van der Waals surface area contributed by atoms with Crippen molar-refractivity contribution in [3.05, 3.63) is 83.9 Å². The van der Waals surface area contributed by atoms with Crippen LogP contribution in [0.4, 0.5) is 0 Å². The van der Waals surface area contributed by atoms with Crippen LogP contribution in [-0.4, -0.2) is 38.4 Å². The molecule has 0 bridgehead atoms. The minimum Gasteiger partial charge on any atom is -0.615 e. The van der Waals surface area contributed by atoms with Crippen molar-refractivity contribution in [3.8, 4) is 0 Å². The molecule has 27 heavy (non-hydrogen) atoms. The Morgan fingerprint density at radius 3 is 1.56 bits per heavy atom. The van der Waals surface area contributed by atoms with Gasteiger partial charge in [-0.15, -0.1) is 0 Å². The van der Waals surface area contributed by atoms with Gasteiger partial charge >= 0.3 is 11.9 Å². The number of nitrogens with two attached hydrogens (primary N) is 1. The normalized spacial score (nSPS) is 11.5. The van der Waals surface area contributed by atoms with Gasteiger partial charge in [-0.3, -0.25) is 4.79 Å². The van der Waals surface area contributed by atoms with Crippen LogP contribution < -0.4 is 5.73 Å². The summed E-state index contributed by atoms with van der Waals surface area (Å²) < 4.78 is 12.4. The van der Waals surface area contributed by atoms with Crippen molar-refractivity contribution in [2.45, 2.75) is 5.25 Å². The molecule has 0 radical (unpaired) electrons. The minimum atomic E-state index is -1.36. The molecule has 0 aromatic heterocycles. The second-order valence-electron chi connectivity index (χ2n) is 5.20. The van der Waals surface area contributed by atoms with Gasteiger partial charge in [-0.25, -0.2) is 9.59 Å². The summed E-state index contributed by atoms with van der Waals surface area (Å²) in [6, 6.07) is 19.0. The molecule has 2 aromatic rings. The average Bonchev–Trinajstić information content (AvgIpc) is 2.62. The highest BCUT2D eigenvalue weighted by atomic mass is 32.2. The summed E-state index contributed by atoms with van der Waals surface area (Å²) in [6.45, 7) is 0. The lowest BCUT2D eigenvalue weighted by Gasteiger charge is -2.21. The van der Waals surface area contributed by atoms with Crippen LogP contribution in [0.3, 0.4) is 0 Å². The van der Waals surface area contributed by atoms with E-state index in [1.54, 1.807) is 0 Å². The molecule has 0 spiro atoms. The maximum atomic E-state index is 12.4. The fourth-order valence-electron chi connectivity index (χ4n) is 2.12. The minimum absolute atomic E-state index is 0.131. The van der Waals surface area contributed by atoms with Crippen LogP contribution in [0, 0.1) is 0 Å². The van der Waals surface area contributed by atoms with Crippen molar-refractivity contribution in [2.75, 3.05) is 5.75 Å². The third kappa shape index (κ3) is 8.70. The number of carboxylic acid groups (broad SMARTS) is 2. The third-order valence-corrected chi connectivity index (χ3v) is 4.76. The molecule has 1 atom stereocenters. The van der Waals surface area contributed by atoms with Crippen molar-refractivity contribution in [3.63, 3.8) is 0 Å². The van der Waals surface area contributed by atoms with Crippen molar-refractivity contribution < 1.29 is 29.1 Å². The largest absolute Gasteiger partial charge is 0.615 e. The van der Waals surface area contributed by atoms with Gasteiger partial charge in [0.2, 0.25) is 0 Å². The number of rotatable bonds is 7. The van der Waals surface area contributed by atoms with E-state index in [9.17, 15) is 18.9 Å². The number of amides is 1. The van der Waals surface area contributed by atoms with E-state index in [0.29, 0.717) is 12.2 Å². The Morgan fingerprint density at radius 2 is 1.26 bits per heavy atom. The van der Waals surface area contributed by atoms with Gasteiger partial charge in [0.1, 0.15) is 0 Å². The molecular weight excluding hydrogens is 370 g/mol. The van der Waals surface area contributed by atoms with Gasteiger partial charge in [0, 0.05) is 23.3 Å². The second kappa shape index (κ2) is 11.5. The molecule has 2 rings (SSSR count). The molecule has 1 amide bonds. The summed E-state index contributed by atoms with van der Waals surface area (Å²) in [6.07, 6.45) is 1.12. The standard InChI is InChI=1S/C15H15NO2S.C4H4O4/c16-14(17)11-19(18)15(12-7-3-1-4-8-12)13-9-5-2-6-10-13;5-3(6)1-2-4(7)8/h1-10,15H,11H2,(H2,16,17);1-2H,(H,5,6)(H,7,8)/b;2-1-. The molecule has 142 valence electrons. The van der Waals surface area contributed by atoms with Crippen LogP contribution >= 0.6 is 0 Å². The van der Waals surface area contributed by atoms with Gasteiger partial charge in [0.15, 0.2) is 11.0 Å². The predicted octanol–water partition coefficient (Wildman–Crippen LogP) is 1.72. The van der Waals surface area contributed by atoms with Crippen LogP contribution in [-0.2, 0) is 25.6 Å². The van der Waals surface area contributed by atoms with E-state index in [0.717, 1.165) is 11.1 Å². The number of benzene rings is 2. The summed E-state index contributed by atoms with van der Waals surface area (Å²) in [5.74, 6) is -3.19. The monoisotopic (exact) mass is 389 g/mol. The van der Waals surface area contributed by atoms with Gasteiger partial charge in [0.25, 0.3) is 5.91 Å².